The van der Waals surface area contributed by atoms with Gasteiger partial charge < -0.3 is 10.2 Å². The predicted molar refractivity (Wildman–Crippen MR) is 87.9 cm³/mol. The van der Waals surface area contributed by atoms with Gasteiger partial charge in [-0.15, -0.1) is 12.4 Å². The van der Waals surface area contributed by atoms with Gasteiger partial charge in [0.2, 0.25) is 5.91 Å². The summed E-state index contributed by atoms with van der Waals surface area (Å²) in [5.74, 6) is 1.08. The van der Waals surface area contributed by atoms with Crippen LogP contribution in [0.3, 0.4) is 0 Å². The second-order valence-electron chi connectivity index (χ2n) is 5.93. The van der Waals surface area contributed by atoms with E-state index in [2.05, 4.69) is 18.3 Å². The molecule has 3 rings (SSSR count). The summed E-state index contributed by atoms with van der Waals surface area (Å²) < 4.78 is 0. The van der Waals surface area contributed by atoms with Crippen LogP contribution in [0.1, 0.15) is 31.4 Å². The lowest BCUT2D eigenvalue weighted by Gasteiger charge is -2.38. The Kier molecular flexibility index (Phi) is 5.53. The number of piperazine rings is 1. The van der Waals surface area contributed by atoms with Crippen LogP contribution < -0.4 is 5.32 Å². The average Bonchev–Trinajstić information content (AvgIpc) is 3.30. The molecule has 1 amide bonds. The van der Waals surface area contributed by atoms with E-state index in [1.54, 1.807) is 0 Å². The van der Waals surface area contributed by atoms with Crippen molar-refractivity contribution in [1.29, 1.82) is 0 Å². The summed E-state index contributed by atoms with van der Waals surface area (Å²) in [6, 6.07) is 7.98. The molecule has 0 aromatic heterocycles. The van der Waals surface area contributed by atoms with E-state index in [-0.39, 0.29) is 24.4 Å². The molecular weight excluding hydrogens is 307 g/mol. The minimum absolute atomic E-state index is 0. The van der Waals surface area contributed by atoms with Crippen LogP contribution in [-0.2, 0) is 4.79 Å². The Labute approximate surface area is 137 Å². The Morgan fingerprint density at radius 3 is 2.86 bits per heavy atom. The molecule has 1 aliphatic carbocycles. The second-order valence-corrected chi connectivity index (χ2v) is 6.37. The van der Waals surface area contributed by atoms with Crippen LogP contribution in [0.25, 0.3) is 0 Å². The van der Waals surface area contributed by atoms with Crippen molar-refractivity contribution in [3.8, 4) is 0 Å². The van der Waals surface area contributed by atoms with Gasteiger partial charge >= 0.3 is 0 Å². The molecule has 2 aliphatic rings. The Bertz CT molecular complexity index is 505. The first-order valence-corrected chi connectivity index (χ1v) is 7.81. The first-order chi connectivity index (χ1) is 9.66. The first kappa shape index (κ1) is 16.6. The number of rotatable bonds is 3. The zero-order valence-corrected chi connectivity index (χ0v) is 13.8. The predicted octanol–water partition coefficient (Wildman–Crippen LogP) is 3.28. The van der Waals surface area contributed by atoms with Crippen LogP contribution in [0, 0.1) is 11.8 Å². The van der Waals surface area contributed by atoms with Gasteiger partial charge in [-0.25, -0.2) is 0 Å². The highest BCUT2D eigenvalue weighted by Crippen LogP contribution is 2.38. The van der Waals surface area contributed by atoms with E-state index in [1.807, 2.05) is 23.1 Å². The number of hydrogen-bond donors (Lipinski definition) is 1. The highest BCUT2D eigenvalue weighted by molar-refractivity contribution is 6.30. The maximum absolute atomic E-state index is 12.7. The Morgan fingerprint density at radius 1 is 1.43 bits per heavy atom. The van der Waals surface area contributed by atoms with Gasteiger partial charge in [0.1, 0.15) is 0 Å². The SMILES string of the molecule is CC(C(=O)N1CCNCC1c1cccc(Cl)c1)C1CC1.Cl. The summed E-state index contributed by atoms with van der Waals surface area (Å²) in [5, 5.41) is 4.12. The van der Waals surface area contributed by atoms with Gasteiger partial charge in [-0.2, -0.15) is 0 Å². The lowest BCUT2D eigenvalue weighted by molar-refractivity contribution is -0.139. The van der Waals surface area contributed by atoms with E-state index in [4.69, 9.17) is 11.6 Å². The molecule has 1 aromatic carbocycles. The third-order valence-electron chi connectivity index (χ3n) is 4.48. The highest BCUT2D eigenvalue weighted by Gasteiger charge is 2.37. The van der Waals surface area contributed by atoms with Crippen molar-refractivity contribution in [2.45, 2.75) is 25.8 Å². The lowest BCUT2D eigenvalue weighted by Crippen LogP contribution is -2.50. The number of carbonyl (C=O) groups is 1. The molecule has 1 N–H and O–H groups in total. The third kappa shape index (κ3) is 3.71. The second kappa shape index (κ2) is 6.99. The Hall–Kier alpha value is -0.770. The normalized spacial score (nSPS) is 23.3. The smallest absolute Gasteiger partial charge is 0.226 e. The van der Waals surface area contributed by atoms with Crippen molar-refractivity contribution in [2.24, 2.45) is 11.8 Å². The zero-order valence-electron chi connectivity index (χ0n) is 12.2. The van der Waals surface area contributed by atoms with Crippen molar-refractivity contribution in [1.82, 2.24) is 10.2 Å². The van der Waals surface area contributed by atoms with E-state index in [0.29, 0.717) is 11.8 Å². The molecule has 1 saturated heterocycles. The fourth-order valence-electron chi connectivity index (χ4n) is 3.04. The average molecular weight is 329 g/mol. The van der Waals surface area contributed by atoms with E-state index in [0.717, 1.165) is 30.2 Å². The van der Waals surface area contributed by atoms with E-state index < -0.39 is 0 Å². The number of amides is 1. The minimum Gasteiger partial charge on any atom is -0.333 e. The molecule has 1 heterocycles. The molecule has 0 spiro atoms. The minimum atomic E-state index is 0. The molecule has 0 bridgehead atoms. The van der Waals surface area contributed by atoms with E-state index in [1.165, 1.54) is 12.8 Å². The Morgan fingerprint density at radius 2 is 2.19 bits per heavy atom. The van der Waals surface area contributed by atoms with E-state index >= 15 is 0 Å². The molecule has 1 saturated carbocycles. The summed E-state index contributed by atoms with van der Waals surface area (Å²) >= 11 is 6.09. The summed E-state index contributed by atoms with van der Waals surface area (Å²) in [4.78, 5) is 14.8. The van der Waals surface area contributed by atoms with Gasteiger partial charge in [0, 0.05) is 30.6 Å². The van der Waals surface area contributed by atoms with Crippen LogP contribution in [0.15, 0.2) is 24.3 Å². The van der Waals surface area contributed by atoms with E-state index in [9.17, 15) is 4.79 Å². The molecule has 1 aromatic rings. The van der Waals surface area contributed by atoms with Crippen molar-refractivity contribution in [2.75, 3.05) is 19.6 Å². The molecule has 116 valence electrons. The fraction of sp³-hybridized carbons (Fsp3) is 0.562. The summed E-state index contributed by atoms with van der Waals surface area (Å²) in [6.45, 7) is 4.55. The quantitative estimate of drug-likeness (QED) is 0.923. The van der Waals surface area contributed by atoms with Crippen LogP contribution in [0.4, 0.5) is 0 Å². The number of halogens is 2. The van der Waals surface area contributed by atoms with Gasteiger partial charge in [-0.05, 0) is 36.5 Å². The van der Waals surface area contributed by atoms with Gasteiger partial charge in [-0.3, -0.25) is 4.79 Å². The number of nitrogens with one attached hydrogen (secondary N) is 1. The fourth-order valence-corrected chi connectivity index (χ4v) is 3.24. The number of benzene rings is 1. The molecular formula is C16H22Cl2N2O. The maximum Gasteiger partial charge on any atom is 0.226 e. The lowest BCUT2D eigenvalue weighted by atomic mass is 9.99. The van der Waals surface area contributed by atoms with Crippen molar-refractivity contribution in [3.63, 3.8) is 0 Å². The molecule has 2 atom stereocenters. The standard InChI is InChI=1S/C16H21ClN2O.ClH/c1-11(12-5-6-12)16(20)19-8-7-18-10-15(19)13-3-2-4-14(17)9-13;/h2-4,9,11-12,15,18H,5-8,10H2,1H3;1H. The monoisotopic (exact) mass is 328 g/mol. The van der Waals surface area contributed by atoms with Gasteiger partial charge in [-0.1, -0.05) is 30.7 Å². The first-order valence-electron chi connectivity index (χ1n) is 7.43. The number of carbonyl (C=O) groups excluding carboxylic acids is 1. The van der Waals surface area contributed by atoms with Gasteiger partial charge in [0.15, 0.2) is 0 Å². The largest absolute Gasteiger partial charge is 0.333 e. The number of nitrogens with zero attached hydrogens (tertiary/aromatic N) is 1. The maximum atomic E-state index is 12.7. The summed E-state index contributed by atoms with van der Waals surface area (Å²) in [6.07, 6.45) is 2.42. The van der Waals surface area contributed by atoms with Crippen LogP contribution in [0.5, 0.6) is 0 Å². The van der Waals surface area contributed by atoms with Gasteiger partial charge in [0.25, 0.3) is 0 Å². The van der Waals surface area contributed by atoms with Crippen LogP contribution in [-0.4, -0.2) is 30.4 Å². The van der Waals surface area contributed by atoms with Crippen LogP contribution in [0.2, 0.25) is 5.02 Å². The molecule has 2 unspecified atom stereocenters. The van der Waals surface area contributed by atoms with Crippen molar-refractivity contribution in [3.05, 3.63) is 34.9 Å². The highest BCUT2D eigenvalue weighted by atomic mass is 35.5. The van der Waals surface area contributed by atoms with Crippen molar-refractivity contribution >= 4 is 29.9 Å². The van der Waals surface area contributed by atoms with Crippen molar-refractivity contribution < 1.29 is 4.79 Å². The third-order valence-corrected chi connectivity index (χ3v) is 4.71. The summed E-state index contributed by atoms with van der Waals surface area (Å²) in [7, 11) is 0. The summed E-state index contributed by atoms with van der Waals surface area (Å²) in [5.41, 5.74) is 1.13. The Balaban J connectivity index is 0.00000161. The topological polar surface area (TPSA) is 32.3 Å². The molecule has 3 nitrogen and oxygen atoms in total. The van der Waals surface area contributed by atoms with Gasteiger partial charge in [0.05, 0.1) is 6.04 Å². The molecule has 1 aliphatic heterocycles. The number of hydrogen-bond acceptors (Lipinski definition) is 2. The molecule has 5 heteroatoms. The zero-order chi connectivity index (χ0) is 14.1. The molecule has 2 fully saturated rings. The molecule has 21 heavy (non-hydrogen) atoms. The van der Waals surface area contributed by atoms with Crippen LogP contribution >= 0.6 is 24.0 Å². The molecule has 0 radical (unpaired) electrons.